The van der Waals surface area contributed by atoms with Gasteiger partial charge in [-0.25, -0.2) is 4.98 Å². The summed E-state index contributed by atoms with van der Waals surface area (Å²) in [7, 11) is 0. The molecular weight excluding hydrogens is 332 g/mol. The molecule has 1 N–H and O–H groups in total. The number of hydrogen-bond acceptors (Lipinski definition) is 3. The zero-order valence-corrected chi connectivity index (χ0v) is 14.2. The molecule has 21 heavy (non-hydrogen) atoms. The van der Waals surface area contributed by atoms with Gasteiger partial charge < -0.3 is 9.72 Å². The number of halogens is 1. The fourth-order valence-electron chi connectivity index (χ4n) is 3.83. The van der Waals surface area contributed by atoms with Crippen LogP contribution in [0.3, 0.4) is 0 Å². The Morgan fingerprint density at radius 2 is 1.95 bits per heavy atom. The highest BCUT2D eigenvalue weighted by atomic mass is 79.9. The minimum atomic E-state index is -0.373. The van der Waals surface area contributed by atoms with E-state index >= 15 is 0 Å². The molecule has 3 rings (SSSR count). The monoisotopic (exact) mass is 354 g/mol. The standard InChI is InChI=1S/C16H23BrN2O2/c1-2-21-16(9-5-6-10-16)15-18-13(11-7-3-4-8-11)12(17)14(20)19-15/h11H,2-10H2,1H3,(H,18,19,20). The molecule has 1 heterocycles. The van der Waals surface area contributed by atoms with E-state index in [1.54, 1.807) is 0 Å². The van der Waals surface area contributed by atoms with Crippen LogP contribution in [0.5, 0.6) is 0 Å². The van der Waals surface area contributed by atoms with E-state index in [0.717, 1.165) is 50.0 Å². The summed E-state index contributed by atoms with van der Waals surface area (Å²) in [6, 6.07) is 0. The van der Waals surface area contributed by atoms with Crippen LogP contribution in [0.4, 0.5) is 0 Å². The van der Waals surface area contributed by atoms with Gasteiger partial charge in [-0.2, -0.15) is 0 Å². The predicted molar refractivity (Wildman–Crippen MR) is 85.5 cm³/mol. The van der Waals surface area contributed by atoms with Crippen molar-refractivity contribution in [2.45, 2.75) is 69.8 Å². The number of rotatable bonds is 4. The highest BCUT2D eigenvalue weighted by Gasteiger charge is 2.39. The summed E-state index contributed by atoms with van der Waals surface area (Å²) < 4.78 is 6.65. The highest BCUT2D eigenvalue weighted by Crippen LogP contribution is 2.42. The van der Waals surface area contributed by atoms with E-state index in [9.17, 15) is 4.79 Å². The molecule has 116 valence electrons. The second kappa shape index (κ2) is 6.21. The highest BCUT2D eigenvalue weighted by molar-refractivity contribution is 9.10. The van der Waals surface area contributed by atoms with Gasteiger partial charge in [0.2, 0.25) is 0 Å². The maximum Gasteiger partial charge on any atom is 0.265 e. The molecule has 4 nitrogen and oxygen atoms in total. The molecule has 1 aromatic rings. The van der Waals surface area contributed by atoms with Crippen LogP contribution in [0.2, 0.25) is 0 Å². The Kier molecular flexibility index (Phi) is 4.50. The van der Waals surface area contributed by atoms with Crippen molar-refractivity contribution in [3.8, 4) is 0 Å². The fraction of sp³-hybridized carbons (Fsp3) is 0.750. The van der Waals surface area contributed by atoms with Crippen LogP contribution in [0, 0.1) is 0 Å². The summed E-state index contributed by atoms with van der Waals surface area (Å²) in [4.78, 5) is 20.2. The Morgan fingerprint density at radius 3 is 2.57 bits per heavy atom. The van der Waals surface area contributed by atoms with Crippen molar-refractivity contribution in [1.29, 1.82) is 0 Å². The molecule has 0 aliphatic heterocycles. The van der Waals surface area contributed by atoms with Crippen molar-refractivity contribution in [2.24, 2.45) is 0 Å². The lowest BCUT2D eigenvalue weighted by Gasteiger charge is -2.28. The van der Waals surface area contributed by atoms with Crippen LogP contribution in [0.15, 0.2) is 9.27 Å². The Bertz CT molecular complexity index is 558. The first-order chi connectivity index (χ1) is 10.2. The molecule has 0 saturated heterocycles. The lowest BCUT2D eigenvalue weighted by atomic mass is 9.99. The van der Waals surface area contributed by atoms with E-state index in [1.807, 2.05) is 6.92 Å². The summed E-state index contributed by atoms with van der Waals surface area (Å²) in [6.07, 6.45) is 8.92. The fourth-order valence-corrected chi connectivity index (χ4v) is 4.35. The van der Waals surface area contributed by atoms with Crippen molar-refractivity contribution >= 4 is 15.9 Å². The third kappa shape index (κ3) is 2.82. The summed E-state index contributed by atoms with van der Waals surface area (Å²) >= 11 is 3.44. The maximum absolute atomic E-state index is 12.3. The lowest BCUT2D eigenvalue weighted by molar-refractivity contribution is -0.0460. The number of hydrogen-bond donors (Lipinski definition) is 1. The van der Waals surface area contributed by atoms with Crippen molar-refractivity contribution in [3.05, 3.63) is 26.3 Å². The molecule has 0 aromatic carbocycles. The van der Waals surface area contributed by atoms with E-state index in [4.69, 9.17) is 9.72 Å². The van der Waals surface area contributed by atoms with Crippen LogP contribution in [-0.2, 0) is 10.3 Å². The number of nitrogens with one attached hydrogen (secondary N) is 1. The van der Waals surface area contributed by atoms with Gasteiger partial charge in [0.15, 0.2) is 0 Å². The molecule has 1 aromatic heterocycles. The molecule has 0 atom stereocenters. The van der Waals surface area contributed by atoms with E-state index in [2.05, 4.69) is 20.9 Å². The summed E-state index contributed by atoms with van der Waals surface area (Å²) in [5.41, 5.74) is 0.507. The van der Waals surface area contributed by atoms with Gasteiger partial charge >= 0.3 is 0 Å². The lowest BCUT2D eigenvalue weighted by Crippen LogP contribution is -2.32. The van der Waals surface area contributed by atoms with Gasteiger partial charge in [0.05, 0.1) is 5.69 Å². The molecular formula is C16H23BrN2O2. The number of H-pyrrole nitrogens is 1. The van der Waals surface area contributed by atoms with Gasteiger partial charge in [-0.1, -0.05) is 12.8 Å². The first-order valence-electron chi connectivity index (χ1n) is 8.10. The first kappa shape index (κ1) is 15.2. The number of aromatic nitrogens is 2. The summed E-state index contributed by atoms with van der Waals surface area (Å²) in [6.45, 7) is 2.66. The van der Waals surface area contributed by atoms with Gasteiger partial charge in [0, 0.05) is 12.5 Å². The van der Waals surface area contributed by atoms with Crippen molar-refractivity contribution < 1.29 is 4.74 Å². The minimum Gasteiger partial charge on any atom is -0.367 e. The first-order valence-corrected chi connectivity index (χ1v) is 8.90. The molecule has 0 amide bonds. The Morgan fingerprint density at radius 1 is 1.29 bits per heavy atom. The minimum absolute atomic E-state index is 0.0621. The van der Waals surface area contributed by atoms with Crippen LogP contribution >= 0.6 is 15.9 Å². The van der Waals surface area contributed by atoms with Gasteiger partial charge in [-0.15, -0.1) is 0 Å². The zero-order chi connectivity index (χ0) is 14.9. The molecule has 5 heteroatoms. The van der Waals surface area contributed by atoms with Gasteiger partial charge in [0.1, 0.15) is 15.9 Å². The Balaban J connectivity index is 2.04. The van der Waals surface area contributed by atoms with Crippen molar-refractivity contribution in [1.82, 2.24) is 9.97 Å². The Labute approximate surface area is 133 Å². The van der Waals surface area contributed by atoms with Gasteiger partial charge in [-0.05, 0) is 61.4 Å². The van der Waals surface area contributed by atoms with E-state index in [1.165, 1.54) is 12.8 Å². The molecule has 2 saturated carbocycles. The summed E-state index contributed by atoms with van der Waals surface area (Å²) in [5, 5.41) is 0. The number of nitrogens with zero attached hydrogens (tertiary/aromatic N) is 1. The topological polar surface area (TPSA) is 55.0 Å². The van der Waals surface area contributed by atoms with Crippen molar-refractivity contribution in [3.63, 3.8) is 0 Å². The largest absolute Gasteiger partial charge is 0.367 e. The van der Waals surface area contributed by atoms with Gasteiger partial charge in [-0.3, -0.25) is 4.79 Å². The zero-order valence-electron chi connectivity index (χ0n) is 12.6. The molecule has 2 fully saturated rings. The SMILES string of the molecule is CCOC1(c2nc(C3CCCC3)c(Br)c(=O)[nH]2)CCCC1. The number of ether oxygens (including phenoxy) is 1. The average Bonchev–Trinajstić information content (AvgIpc) is 3.13. The predicted octanol–water partition coefficient (Wildman–Crippen LogP) is 4.00. The van der Waals surface area contributed by atoms with E-state index in [0.29, 0.717) is 17.0 Å². The van der Waals surface area contributed by atoms with Crippen LogP contribution < -0.4 is 5.56 Å². The van der Waals surface area contributed by atoms with E-state index in [-0.39, 0.29) is 11.2 Å². The number of aromatic amines is 1. The van der Waals surface area contributed by atoms with Crippen LogP contribution in [0.25, 0.3) is 0 Å². The van der Waals surface area contributed by atoms with Crippen LogP contribution in [-0.4, -0.2) is 16.6 Å². The Hall–Kier alpha value is -0.680. The third-order valence-electron chi connectivity index (χ3n) is 4.89. The maximum atomic E-state index is 12.3. The molecule has 0 bridgehead atoms. The quantitative estimate of drug-likeness (QED) is 0.888. The molecule has 2 aliphatic carbocycles. The summed E-state index contributed by atoms with van der Waals surface area (Å²) in [5.74, 6) is 1.16. The van der Waals surface area contributed by atoms with Gasteiger partial charge in [0.25, 0.3) is 5.56 Å². The average molecular weight is 355 g/mol. The van der Waals surface area contributed by atoms with E-state index < -0.39 is 0 Å². The van der Waals surface area contributed by atoms with Crippen molar-refractivity contribution in [2.75, 3.05) is 6.61 Å². The van der Waals surface area contributed by atoms with Crippen LogP contribution in [0.1, 0.15) is 75.7 Å². The second-order valence-electron chi connectivity index (χ2n) is 6.23. The normalized spacial score (nSPS) is 22.0. The third-order valence-corrected chi connectivity index (χ3v) is 5.66. The second-order valence-corrected chi connectivity index (χ2v) is 7.02. The smallest absolute Gasteiger partial charge is 0.265 e. The molecule has 2 aliphatic rings. The molecule has 0 spiro atoms. The molecule has 0 radical (unpaired) electrons. The molecule has 0 unspecified atom stereocenters.